The molecule has 1 atom stereocenters. The molecule has 0 amide bonds. The molecular formula is C21H33IN4O2. The standard InChI is InChI=1S/C21H32N4O2.HI/c1-22-21(24-11-5-12-26-15-17-9-13-27-16-17)23-10-4-6-18-14-25-20-8-3-2-7-19(18)20;/h2-3,7-8,14,17,25H,4-6,9-13,15-16H2,1H3,(H2,22,23,24);1H. The minimum atomic E-state index is 0. The molecule has 1 saturated heterocycles. The Bertz CT molecular complexity index is 713. The molecule has 1 aromatic carbocycles. The van der Waals surface area contributed by atoms with Gasteiger partial charge >= 0.3 is 0 Å². The first-order valence-electron chi connectivity index (χ1n) is 10.0. The van der Waals surface area contributed by atoms with Crippen molar-refractivity contribution < 1.29 is 9.47 Å². The van der Waals surface area contributed by atoms with Crippen LogP contribution in [0.4, 0.5) is 0 Å². The molecule has 6 nitrogen and oxygen atoms in total. The number of H-pyrrole nitrogens is 1. The number of hydrogen-bond donors (Lipinski definition) is 3. The molecule has 0 saturated carbocycles. The van der Waals surface area contributed by atoms with Crippen LogP contribution in [0.1, 0.15) is 24.8 Å². The fraction of sp³-hybridized carbons (Fsp3) is 0.571. The predicted octanol–water partition coefficient (Wildman–Crippen LogP) is 3.33. The number of hydrogen-bond acceptors (Lipinski definition) is 3. The zero-order valence-electron chi connectivity index (χ0n) is 16.7. The number of aromatic nitrogens is 1. The van der Waals surface area contributed by atoms with Crippen molar-refractivity contribution in [1.82, 2.24) is 15.6 Å². The first-order chi connectivity index (χ1) is 13.4. The van der Waals surface area contributed by atoms with Crippen LogP contribution in [0.3, 0.4) is 0 Å². The Balaban J connectivity index is 0.00000280. The number of aromatic amines is 1. The van der Waals surface area contributed by atoms with Crippen LogP contribution in [0, 0.1) is 5.92 Å². The lowest BCUT2D eigenvalue weighted by Crippen LogP contribution is -2.38. The summed E-state index contributed by atoms with van der Waals surface area (Å²) in [5, 5.41) is 8.06. The fourth-order valence-electron chi connectivity index (χ4n) is 3.39. The minimum Gasteiger partial charge on any atom is -0.381 e. The van der Waals surface area contributed by atoms with Gasteiger partial charge in [-0.1, -0.05) is 18.2 Å². The highest BCUT2D eigenvalue weighted by Crippen LogP contribution is 2.18. The summed E-state index contributed by atoms with van der Waals surface area (Å²) < 4.78 is 11.1. The number of fused-ring (bicyclic) bond motifs is 1. The number of aliphatic imine (C=N–C) groups is 1. The Kier molecular flexibility index (Phi) is 10.7. The van der Waals surface area contributed by atoms with Crippen molar-refractivity contribution in [2.75, 3.05) is 46.6 Å². The summed E-state index contributed by atoms with van der Waals surface area (Å²) in [6, 6.07) is 8.45. The van der Waals surface area contributed by atoms with Crippen LogP contribution in [0.5, 0.6) is 0 Å². The average Bonchev–Trinajstić information content (AvgIpc) is 3.36. The monoisotopic (exact) mass is 500 g/mol. The molecule has 0 spiro atoms. The van der Waals surface area contributed by atoms with Crippen molar-refractivity contribution in [1.29, 1.82) is 0 Å². The van der Waals surface area contributed by atoms with Gasteiger partial charge in [0.05, 0.1) is 13.2 Å². The second-order valence-electron chi connectivity index (χ2n) is 7.05. The van der Waals surface area contributed by atoms with Crippen LogP contribution < -0.4 is 10.6 Å². The third kappa shape index (κ3) is 7.25. The Morgan fingerprint density at radius 1 is 1.25 bits per heavy atom. The van der Waals surface area contributed by atoms with Crippen LogP contribution in [0.2, 0.25) is 0 Å². The largest absolute Gasteiger partial charge is 0.381 e. The van der Waals surface area contributed by atoms with E-state index in [9.17, 15) is 0 Å². The average molecular weight is 500 g/mol. The van der Waals surface area contributed by atoms with Gasteiger partial charge in [-0.05, 0) is 37.3 Å². The van der Waals surface area contributed by atoms with Crippen molar-refractivity contribution >= 4 is 40.8 Å². The zero-order chi connectivity index (χ0) is 18.7. The van der Waals surface area contributed by atoms with E-state index in [0.717, 1.165) is 71.2 Å². The van der Waals surface area contributed by atoms with E-state index in [1.165, 1.54) is 16.5 Å². The summed E-state index contributed by atoms with van der Waals surface area (Å²) in [6.45, 7) is 5.10. The molecule has 7 heteroatoms. The van der Waals surface area contributed by atoms with Gasteiger partial charge in [0.25, 0.3) is 0 Å². The van der Waals surface area contributed by atoms with Gasteiger partial charge in [0.2, 0.25) is 0 Å². The summed E-state index contributed by atoms with van der Waals surface area (Å²) in [7, 11) is 1.81. The maximum absolute atomic E-state index is 5.72. The Hall–Kier alpha value is -1.32. The maximum atomic E-state index is 5.72. The molecule has 3 N–H and O–H groups in total. The highest BCUT2D eigenvalue weighted by Gasteiger charge is 2.15. The van der Waals surface area contributed by atoms with Crippen LogP contribution >= 0.6 is 24.0 Å². The Morgan fingerprint density at radius 2 is 2.07 bits per heavy atom. The topological polar surface area (TPSA) is 70.7 Å². The van der Waals surface area contributed by atoms with Gasteiger partial charge in [-0.25, -0.2) is 0 Å². The molecule has 1 unspecified atom stereocenters. The summed E-state index contributed by atoms with van der Waals surface area (Å²) in [5.41, 5.74) is 2.58. The van der Waals surface area contributed by atoms with Gasteiger partial charge < -0.3 is 25.1 Å². The number of ether oxygens (including phenoxy) is 2. The second kappa shape index (κ2) is 13.0. The number of guanidine groups is 1. The number of nitrogens with one attached hydrogen (secondary N) is 3. The van der Waals surface area contributed by atoms with E-state index in [0.29, 0.717) is 5.92 Å². The SMILES string of the molecule is CN=C(NCCCOCC1CCOC1)NCCCc1c[nH]c2ccccc12.I. The highest BCUT2D eigenvalue weighted by atomic mass is 127. The molecule has 1 aliphatic rings. The van der Waals surface area contributed by atoms with E-state index >= 15 is 0 Å². The maximum Gasteiger partial charge on any atom is 0.190 e. The lowest BCUT2D eigenvalue weighted by Gasteiger charge is -2.12. The van der Waals surface area contributed by atoms with E-state index < -0.39 is 0 Å². The predicted molar refractivity (Wildman–Crippen MR) is 126 cm³/mol. The van der Waals surface area contributed by atoms with E-state index in [2.05, 4.69) is 51.1 Å². The molecule has 0 bridgehead atoms. The van der Waals surface area contributed by atoms with Crippen molar-refractivity contribution in [2.45, 2.75) is 25.7 Å². The number of benzene rings is 1. The summed E-state index contributed by atoms with van der Waals surface area (Å²) in [4.78, 5) is 7.62. The fourth-order valence-corrected chi connectivity index (χ4v) is 3.39. The molecule has 1 aromatic heterocycles. The minimum absolute atomic E-state index is 0. The molecule has 3 rings (SSSR count). The number of rotatable bonds is 10. The lowest BCUT2D eigenvalue weighted by atomic mass is 10.1. The number of aryl methyl sites for hydroxylation is 1. The van der Waals surface area contributed by atoms with Crippen LogP contribution in [0.25, 0.3) is 10.9 Å². The summed E-state index contributed by atoms with van der Waals surface area (Å²) in [5.74, 6) is 1.45. The normalized spacial score (nSPS) is 16.9. The number of halogens is 1. The van der Waals surface area contributed by atoms with Gasteiger partial charge in [0.15, 0.2) is 5.96 Å². The summed E-state index contributed by atoms with van der Waals surface area (Å²) in [6.07, 6.45) is 6.34. The van der Waals surface area contributed by atoms with Crippen LogP contribution in [-0.4, -0.2) is 57.5 Å². The second-order valence-corrected chi connectivity index (χ2v) is 7.05. The Labute approximate surface area is 184 Å². The molecule has 2 heterocycles. The first kappa shape index (κ1) is 23.0. The third-order valence-electron chi connectivity index (χ3n) is 4.95. The quantitative estimate of drug-likeness (QED) is 0.203. The van der Waals surface area contributed by atoms with Gasteiger partial charge in [0.1, 0.15) is 0 Å². The van der Waals surface area contributed by atoms with Crippen molar-refractivity contribution in [3.63, 3.8) is 0 Å². The van der Waals surface area contributed by atoms with E-state index in [-0.39, 0.29) is 24.0 Å². The van der Waals surface area contributed by atoms with E-state index in [1.54, 1.807) is 0 Å². The molecule has 0 radical (unpaired) electrons. The lowest BCUT2D eigenvalue weighted by molar-refractivity contribution is 0.0888. The van der Waals surface area contributed by atoms with Crippen LogP contribution in [-0.2, 0) is 15.9 Å². The molecule has 0 aliphatic carbocycles. The van der Waals surface area contributed by atoms with Gasteiger partial charge in [-0.3, -0.25) is 4.99 Å². The number of para-hydroxylation sites is 1. The molecule has 1 aliphatic heterocycles. The van der Waals surface area contributed by atoms with Gasteiger partial charge in [0, 0.05) is 56.4 Å². The first-order valence-corrected chi connectivity index (χ1v) is 10.0. The zero-order valence-corrected chi connectivity index (χ0v) is 19.0. The number of nitrogens with zero attached hydrogens (tertiary/aromatic N) is 1. The molecular weight excluding hydrogens is 467 g/mol. The smallest absolute Gasteiger partial charge is 0.190 e. The van der Waals surface area contributed by atoms with E-state index in [1.807, 2.05) is 7.05 Å². The van der Waals surface area contributed by atoms with Crippen molar-refractivity contribution in [3.05, 3.63) is 36.0 Å². The third-order valence-corrected chi connectivity index (χ3v) is 4.95. The molecule has 28 heavy (non-hydrogen) atoms. The Morgan fingerprint density at radius 3 is 2.86 bits per heavy atom. The van der Waals surface area contributed by atoms with Crippen molar-refractivity contribution in [3.8, 4) is 0 Å². The van der Waals surface area contributed by atoms with Gasteiger partial charge in [-0.15, -0.1) is 24.0 Å². The molecule has 1 fully saturated rings. The molecule has 2 aromatic rings. The van der Waals surface area contributed by atoms with Crippen molar-refractivity contribution in [2.24, 2.45) is 10.9 Å². The van der Waals surface area contributed by atoms with E-state index in [4.69, 9.17) is 9.47 Å². The van der Waals surface area contributed by atoms with Crippen LogP contribution in [0.15, 0.2) is 35.5 Å². The molecule has 156 valence electrons. The highest BCUT2D eigenvalue weighted by molar-refractivity contribution is 14.0. The summed E-state index contributed by atoms with van der Waals surface area (Å²) >= 11 is 0. The van der Waals surface area contributed by atoms with Gasteiger partial charge in [-0.2, -0.15) is 0 Å².